The predicted octanol–water partition coefficient (Wildman–Crippen LogP) is 0.799. The average molecular weight is 296 g/mol. The molecule has 0 N–H and O–H groups in total. The summed E-state index contributed by atoms with van der Waals surface area (Å²) in [6.45, 7) is 1.13. The number of benzene rings is 1. The Morgan fingerprint density at radius 1 is 1.30 bits per heavy atom. The third-order valence-electron chi connectivity index (χ3n) is 3.36. The molecule has 20 heavy (non-hydrogen) atoms. The molecule has 108 valence electrons. The molecule has 0 spiro atoms. The van der Waals surface area contributed by atoms with Gasteiger partial charge in [-0.1, -0.05) is 35.5 Å². The molecule has 0 saturated carbocycles. The highest BCUT2D eigenvalue weighted by Gasteiger charge is 2.32. The molecular weight excluding hydrogens is 280 g/mol. The van der Waals surface area contributed by atoms with Gasteiger partial charge in [0.1, 0.15) is 6.10 Å². The van der Waals surface area contributed by atoms with Gasteiger partial charge in [-0.3, -0.25) is 0 Å². The predicted molar refractivity (Wildman–Crippen MR) is 73.8 cm³/mol. The van der Waals surface area contributed by atoms with Crippen molar-refractivity contribution < 1.29 is 18.0 Å². The van der Waals surface area contributed by atoms with Gasteiger partial charge in [-0.05, 0) is 5.56 Å². The van der Waals surface area contributed by atoms with Crippen LogP contribution in [0.3, 0.4) is 0 Å². The zero-order valence-corrected chi connectivity index (χ0v) is 11.8. The van der Waals surface area contributed by atoms with E-state index in [2.05, 4.69) is 5.16 Å². The first-order valence-corrected chi connectivity index (χ1v) is 8.10. The van der Waals surface area contributed by atoms with Crippen molar-refractivity contribution in [3.63, 3.8) is 0 Å². The lowest BCUT2D eigenvalue weighted by molar-refractivity contribution is 0.0565. The maximum Gasteiger partial charge on any atom is 0.238 e. The van der Waals surface area contributed by atoms with E-state index in [1.165, 1.54) is 4.31 Å². The Hall–Kier alpha value is -1.44. The summed E-state index contributed by atoms with van der Waals surface area (Å²) in [5.74, 6) is -0.244. The topological polar surface area (TPSA) is 68.2 Å². The maximum absolute atomic E-state index is 11.8. The minimum Gasteiger partial charge on any atom is -0.390 e. The summed E-state index contributed by atoms with van der Waals surface area (Å²) < 4.78 is 30.1. The van der Waals surface area contributed by atoms with Crippen molar-refractivity contribution in [3.8, 4) is 0 Å². The van der Waals surface area contributed by atoms with Gasteiger partial charge in [-0.2, -0.15) is 4.31 Å². The highest BCUT2D eigenvalue weighted by molar-refractivity contribution is 7.88. The fourth-order valence-electron chi connectivity index (χ4n) is 2.30. The van der Waals surface area contributed by atoms with E-state index in [4.69, 9.17) is 9.57 Å². The largest absolute Gasteiger partial charge is 0.390 e. The molecule has 0 radical (unpaired) electrons. The molecule has 1 aromatic rings. The summed E-state index contributed by atoms with van der Waals surface area (Å²) in [5, 5.41) is 4.06. The number of nitrogens with zero attached hydrogens (tertiary/aromatic N) is 2. The van der Waals surface area contributed by atoms with Gasteiger partial charge in [-0.15, -0.1) is 0 Å². The van der Waals surface area contributed by atoms with Crippen LogP contribution in [0.1, 0.15) is 12.0 Å². The van der Waals surface area contributed by atoms with E-state index in [1.54, 1.807) is 0 Å². The molecular formula is C13H16N2O4S. The first-order valence-electron chi connectivity index (χ1n) is 6.49. The quantitative estimate of drug-likeness (QED) is 0.827. The Kier molecular flexibility index (Phi) is 3.73. The van der Waals surface area contributed by atoms with Gasteiger partial charge in [0.15, 0.2) is 5.94 Å². The second kappa shape index (κ2) is 5.51. The molecule has 0 bridgehead atoms. The Bertz CT molecular complexity index is 600. The fraction of sp³-hybridized carbons (Fsp3) is 0.462. The molecule has 2 aliphatic rings. The molecule has 2 heterocycles. The van der Waals surface area contributed by atoms with Crippen LogP contribution in [-0.4, -0.2) is 50.2 Å². The summed E-state index contributed by atoms with van der Waals surface area (Å²) in [7, 11) is -3.31. The van der Waals surface area contributed by atoms with Gasteiger partial charge in [0.2, 0.25) is 10.0 Å². The maximum atomic E-state index is 11.8. The molecule has 0 aromatic heterocycles. The molecule has 7 heteroatoms. The van der Waals surface area contributed by atoms with Gasteiger partial charge >= 0.3 is 0 Å². The molecule has 3 rings (SSSR count). The van der Waals surface area contributed by atoms with Gasteiger partial charge in [0.25, 0.3) is 0 Å². The van der Waals surface area contributed by atoms with Crippen LogP contribution in [0, 0.1) is 0 Å². The Morgan fingerprint density at radius 2 is 2.10 bits per heavy atom. The van der Waals surface area contributed by atoms with E-state index >= 15 is 0 Å². The highest BCUT2D eigenvalue weighted by Crippen LogP contribution is 2.19. The number of hydrogen-bond donors (Lipinski definition) is 0. The van der Waals surface area contributed by atoms with Crippen molar-refractivity contribution in [1.29, 1.82) is 0 Å². The Morgan fingerprint density at radius 3 is 2.85 bits per heavy atom. The summed E-state index contributed by atoms with van der Waals surface area (Å²) in [5.41, 5.74) is 1.88. The monoisotopic (exact) mass is 296 g/mol. The lowest BCUT2D eigenvalue weighted by Crippen LogP contribution is -2.44. The fourth-order valence-corrected chi connectivity index (χ4v) is 3.53. The van der Waals surface area contributed by atoms with Gasteiger partial charge < -0.3 is 9.57 Å². The number of hydrogen-bond acceptors (Lipinski definition) is 5. The van der Waals surface area contributed by atoms with Crippen molar-refractivity contribution >= 4 is 15.7 Å². The highest BCUT2D eigenvalue weighted by atomic mass is 32.2. The number of rotatable bonds is 3. The van der Waals surface area contributed by atoms with Crippen molar-refractivity contribution in [3.05, 3.63) is 35.9 Å². The Balaban J connectivity index is 1.62. The van der Waals surface area contributed by atoms with Crippen LogP contribution in [0.25, 0.3) is 0 Å². The first kappa shape index (κ1) is 13.5. The molecule has 0 aliphatic carbocycles. The van der Waals surface area contributed by atoms with E-state index in [1.807, 2.05) is 30.3 Å². The average Bonchev–Trinajstić information content (AvgIpc) is 2.91. The van der Waals surface area contributed by atoms with Crippen LogP contribution in [0.5, 0.6) is 0 Å². The minimum absolute atomic E-state index is 0.224. The third kappa shape index (κ3) is 2.84. The number of ether oxygens (including phenoxy) is 1. The molecule has 1 aromatic carbocycles. The van der Waals surface area contributed by atoms with Crippen molar-refractivity contribution in [2.75, 3.05) is 25.6 Å². The number of sulfonamides is 1. The zero-order valence-electron chi connectivity index (χ0n) is 10.9. The summed E-state index contributed by atoms with van der Waals surface area (Å²) >= 11 is 0. The van der Waals surface area contributed by atoms with Crippen LogP contribution < -0.4 is 0 Å². The smallest absolute Gasteiger partial charge is 0.238 e. The van der Waals surface area contributed by atoms with E-state index in [-0.39, 0.29) is 12.0 Å². The normalized spacial score (nSPS) is 26.0. The van der Waals surface area contributed by atoms with Crippen LogP contribution in [0.2, 0.25) is 0 Å². The SMILES string of the molecule is O=S1(=O)COCCN1C[C@H]1CC(c2ccccc2)=NO1. The lowest BCUT2D eigenvalue weighted by Gasteiger charge is -2.27. The van der Waals surface area contributed by atoms with E-state index in [0.29, 0.717) is 26.1 Å². The molecule has 1 atom stereocenters. The van der Waals surface area contributed by atoms with Gasteiger partial charge in [0.05, 0.1) is 18.9 Å². The van der Waals surface area contributed by atoms with E-state index in [9.17, 15) is 8.42 Å². The Labute approximate surface area is 118 Å². The van der Waals surface area contributed by atoms with E-state index in [0.717, 1.165) is 11.3 Å². The second-order valence-corrected chi connectivity index (χ2v) is 6.75. The summed E-state index contributed by atoms with van der Waals surface area (Å²) in [6.07, 6.45) is 0.398. The molecule has 2 aliphatic heterocycles. The van der Waals surface area contributed by atoms with Crippen LogP contribution >= 0.6 is 0 Å². The van der Waals surface area contributed by atoms with E-state index < -0.39 is 10.0 Å². The molecule has 1 fully saturated rings. The molecule has 0 unspecified atom stereocenters. The lowest BCUT2D eigenvalue weighted by atomic mass is 10.1. The van der Waals surface area contributed by atoms with Crippen molar-refractivity contribution in [2.24, 2.45) is 5.16 Å². The third-order valence-corrected chi connectivity index (χ3v) is 4.94. The van der Waals surface area contributed by atoms with Crippen LogP contribution in [-0.2, 0) is 19.6 Å². The molecule has 0 amide bonds. The number of oxime groups is 1. The van der Waals surface area contributed by atoms with Gasteiger partial charge in [0, 0.05) is 13.0 Å². The second-order valence-electron chi connectivity index (χ2n) is 4.83. The van der Waals surface area contributed by atoms with Crippen molar-refractivity contribution in [2.45, 2.75) is 12.5 Å². The van der Waals surface area contributed by atoms with Gasteiger partial charge in [-0.25, -0.2) is 8.42 Å². The zero-order chi connectivity index (χ0) is 14.0. The van der Waals surface area contributed by atoms with Crippen LogP contribution in [0.15, 0.2) is 35.5 Å². The summed E-state index contributed by atoms with van der Waals surface area (Å²) in [6, 6.07) is 9.76. The summed E-state index contributed by atoms with van der Waals surface area (Å²) in [4.78, 5) is 5.36. The standard InChI is InChI=1S/C13H16N2O4S/c16-20(17)10-18-7-6-15(20)9-12-8-13(14-19-12)11-4-2-1-3-5-11/h1-5,12H,6-10H2/t12-/m1/s1. The molecule has 6 nitrogen and oxygen atoms in total. The minimum atomic E-state index is -3.31. The first-order chi connectivity index (χ1) is 9.65. The van der Waals surface area contributed by atoms with Crippen molar-refractivity contribution in [1.82, 2.24) is 4.31 Å². The molecule has 1 saturated heterocycles. The van der Waals surface area contributed by atoms with Crippen LogP contribution in [0.4, 0.5) is 0 Å².